The van der Waals surface area contributed by atoms with Crippen molar-refractivity contribution in [2.45, 2.75) is 39.0 Å². The lowest BCUT2D eigenvalue weighted by atomic mass is 10.2. The van der Waals surface area contributed by atoms with Gasteiger partial charge in [0.15, 0.2) is 0 Å². The SMILES string of the molecule is CCCCCCC=O.[MgH2]. The number of aldehydes is 1. The molecule has 0 rings (SSSR count). The zero-order valence-electron chi connectivity index (χ0n) is 5.52. The van der Waals surface area contributed by atoms with Gasteiger partial charge in [0.1, 0.15) is 6.29 Å². The van der Waals surface area contributed by atoms with Crippen LogP contribution in [-0.2, 0) is 4.79 Å². The molecule has 2 heteroatoms. The van der Waals surface area contributed by atoms with Crippen molar-refractivity contribution in [2.75, 3.05) is 0 Å². The number of unbranched alkanes of at least 4 members (excludes halogenated alkanes) is 4. The van der Waals surface area contributed by atoms with Crippen molar-refractivity contribution in [1.82, 2.24) is 0 Å². The molecule has 0 bridgehead atoms. The third-order valence-electron chi connectivity index (χ3n) is 1.18. The molecule has 9 heavy (non-hydrogen) atoms. The van der Waals surface area contributed by atoms with Crippen LogP contribution in [0.5, 0.6) is 0 Å². The van der Waals surface area contributed by atoms with Gasteiger partial charge < -0.3 is 4.79 Å². The second-order valence-corrected chi connectivity index (χ2v) is 2.02. The number of carbonyl (C=O) groups excluding carboxylic acids is 1. The molecule has 0 heterocycles. The minimum atomic E-state index is 0. The van der Waals surface area contributed by atoms with Gasteiger partial charge in [-0.1, -0.05) is 26.2 Å². The van der Waals surface area contributed by atoms with E-state index in [9.17, 15) is 4.79 Å². The summed E-state index contributed by atoms with van der Waals surface area (Å²) in [7, 11) is 0. The van der Waals surface area contributed by atoms with Crippen LogP contribution in [0.4, 0.5) is 0 Å². The van der Waals surface area contributed by atoms with E-state index in [1.54, 1.807) is 0 Å². The summed E-state index contributed by atoms with van der Waals surface area (Å²) in [6.07, 6.45) is 6.56. The second-order valence-electron chi connectivity index (χ2n) is 2.02. The normalized spacial score (nSPS) is 8.11. The Morgan fingerprint density at radius 1 is 1.22 bits per heavy atom. The average molecular weight is 141 g/mol. The Balaban J connectivity index is 0. The van der Waals surface area contributed by atoms with Gasteiger partial charge >= 0.3 is 23.1 Å². The maximum Gasteiger partial charge on any atom is 0.316 e. The van der Waals surface area contributed by atoms with E-state index in [-0.39, 0.29) is 23.1 Å². The molecular formula is C7H16MgO. The Bertz CT molecular complexity index is 54.9. The first-order valence-electron chi connectivity index (χ1n) is 3.35. The van der Waals surface area contributed by atoms with Crippen LogP contribution in [0.3, 0.4) is 0 Å². The number of carbonyl (C=O) groups is 1. The van der Waals surface area contributed by atoms with Crippen LogP contribution in [0, 0.1) is 0 Å². The van der Waals surface area contributed by atoms with Crippen molar-refractivity contribution in [1.29, 1.82) is 0 Å². The highest BCUT2D eigenvalue weighted by Crippen LogP contribution is 1.99. The summed E-state index contributed by atoms with van der Waals surface area (Å²) < 4.78 is 0. The molecule has 0 aromatic rings. The van der Waals surface area contributed by atoms with Gasteiger partial charge in [0.05, 0.1) is 0 Å². The Labute approximate surface area is 73.4 Å². The smallest absolute Gasteiger partial charge is 0.303 e. The van der Waals surface area contributed by atoms with Gasteiger partial charge in [-0.3, -0.25) is 0 Å². The number of rotatable bonds is 5. The highest BCUT2D eigenvalue weighted by atomic mass is 24.3. The van der Waals surface area contributed by atoms with E-state index in [1.165, 1.54) is 19.3 Å². The third kappa shape index (κ3) is 11.8. The van der Waals surface area contributed by atoms with Gasteiger partial charge in [0.25, 0.3) is 0 Å². The Hall–Kier alpha value is 0.436. The summed E-state index contributed by atoms with van der Waals surface area (Å²) in [5.74, 6) is 0. The lowest BCUT2D eigenvalue weighted by Crippen LogP contribution is -1.76. The number of hydrogen-bond acceptors (Lipinski definition) is 1. The van der Waals surface area contributed by atoms with E-state index in [0.717, 1.165) is 19.1 Å². The molecule has 52 valence electrons. The predicted octanol–water partition coefficient (Wildman–Crippen LogP) is 1.24. The highest BCUT2D eigenvalue weighted by Gasteiger charge is 1.83. The fourth-order valence-electron chi connectivity index (χ4n) is 0.654. The molecule has 0 fully saturated rings. The van der Waals surface area contributed by atoms with Gasteiger partial charge in [-0.15, -0.1) is 0 Å². The van der Waals surface area contributed by atoms with Gasteiger partial charge in [-0.25, -0.2) is 0 Å². The molecule has 0 amide bonds. The van der Waals surface area contributed by atoms with Crippen molar-refractivity contribution in [2.24, 2.45) is 0 Å². The van der Waals surface area contributed by atoms with Crippen LogP contribution < -0.4 is 0 Å². The molecule has 0 aromatic heterocycles. The maximum atomic E-state index is 9.77. The molecule has 0 aliphatic carbocycles. The summed E-state index contributed by atoms with van der Waals surface area (Å²) in [5.41, 5.74) is 0. The van der Waals surface area contributed by atoms with E-state index < -0.39 is 0 Å². The molecule has 1 nitrogen and oxygen atoms in total. The molecule has 0 saturated carbocycles. The van der Waals surface area contributed by atoms with E-state index in [4.69, 9.17) is 0 Å². The molecule has 0 radical (unpaired) electrons. The van der Waals surface area contributed by atoms with Crippen molar-refractivity contribution in [3.8, 4) is 0 Å². The first-order chi connectivity index (χ1) is 3.91. The van der Waals surface area contributed by atoms with E-state index >= 15 is 0 Å². The minimum Gasteiger partial charge on any atom is -0.303 e. The molecule has 0 aliphatic heterocycles. The first kappa shape index (κ1) is 12.1. The zero-order chi connectivity index (χ0) is 6.24. The second kappa shape index (κ2) is 11.3. The van der Waals surface area contributed by atoms with Crippen LogP contribution in [0.2, 0.25) is 0 Å². The van der Waals surface area contributed by atoms with Gasteiger partial charge in [0.2, 0.25) is 0 Å². The average Bonchev–Trinajstić information content (AvgIpc) is 1.81. The lowest BCUT2D eigenvalue weighted by molar-refractivity contribution is -0.107. The topological polar surface area (TPSA) is 17.1 Å². The predicted molar refractivity (Wildman–Crippen MR) is 43.4 cm³/mol. The van der Waals surface area contributed by atoms with E-state index in [2.05, 4.69) is 6.92 Å². The summed E-state index contributed by atoms with van der Waals surface area (Å²) in [4.78, 5) is 9.77. The first-order valence-corrected chi connectivity index (χ1v) is 3.35. The quantitative estimate of drug-likeness (QED) is 0.319. The zero-order valence-corrected chi connectivity index (χ0v) is 5.52. The van der Waals surface area contributed by atoms with Crippen LogP contribution in [0.1, 0.15) is 39.0 Å². The summed E-state index contributed by atoms with van der Waals surface area (Å²) in [5, 5.41) is 0. The highest BCUT2D eigenvalue weighted by molar-refractivity contribution is 5.75. The van der Waals surface area contributed by atoms with Crippen molar-refractivity contribution >= 4 is 29.3 Å². The monoisotopic (exact) mass is 140 g/mol. The largest absolute Gasteiger partial charge is 0.316 e. The third-order valence-corrected chi connectivity index (χ3v) is 1.18. The fourth-order valence-corrected chi connectivity index (χ4v) is 0.654. The molecule has 0 aliphatic rings. The van der Waals surface area contributed by atoms with Crippen LogP contribution in [0.25, 0.3) is 0 Å². The Kier molecular flexibility index (Phi) is 15.2. The molecule has 0 saturated heterocycles. The van der Waals surface area contributed by atoms with Crippen molar-refractivity contribution in [3.05, 3.63) is 0 Å². The molecule has 0 unspecified atom stereocenters. The van der Waals surface area contributed by atoms with E-state index in [1.807, 2.05) is 0 Å². The summed E-state index contributed by atoms with van der Waals surface area (Å²) in [6.45, 7) is 2.17. The van der Waals surface area contributed by atoms with Crippen molar-refractivity contribution in [3.63, 3.8) is 0 Å². The molecule has 0 N–H and O–H groups in total. The molecule has 0 atom stereocenters. The lowest BCUT2D eigenvalue weighted by Gasteiger charge is -1.90. The molecular weight excluding hydrogens is 124 g/mol. The fraction of sp³-hybridized carbons (Fsp3) is 0.857. The van der Waals surface area contributed by atoms with Crippen LogP contribution >= 0.6 is 0 Å². The van der Waals surface area contributed by atoms with Crippen LogP contribution in [0.15, 0.2) is 0 Å². The minimum absolute atomic E-state index is 0. The van der Waals surface area contributed by atoms with E-state index in [0.29, 0.717) is 0 Å². The Morgan fingerprint density at radius 2 is 1.89 bits per heavy atom. The van der Waals surface area contributed by atoms with Gasteiger partial charge in [-0.2, -0.15) is 0 Å². The van der Waals surface area contributed by atoms with Gasteiger partial charge in [-0.05, 0) is 6.42 Å². The number of hydrogen-bond donors (Lipinski definition) is 0. The summed E-state index contributed by atoms with van der Waals surface area (Å²) in [6, 6.07) is 0. The van der Waals surface area contributed by atoms with Crippen molar-refractivity contribution < 1.29 is 4.79 Å². The van der Waals surface area contributed by atoms with Gasteiger partial charge in [0, 0.05) is 6.42 Å². The molecule has 0 aromatic carbocycles. The molecule has 0 spiro atoms. The standard InChI is InChI=1S/C7H14O.Mg.2H/c1-2-3-4-5-6-7-8;;;/h7H,2-6H2,1H3;;;. The van der Waals surface area contributed by atoms with Crippen LogP contribution in [-0.4, -0.2) is 29.3 Å². The maximum absolute atomic E-state index is 9.77. The summed E-state index contributed by atoms with van der Waals surface area (Å²) >= 11 is 0. The Morgan fingerprint density at radius 3 is 2.33 bits per heavy atom.